The Morgan fingerprint density at radius 1 is 0.923 bits per heavy atom. The van der Waals surface area contributed by atoms with Gasteiger partial charge in [-0.2, -0.15) is 0 Å². The maximum Gasteiger partial charge on any atom is 0.269 e. The average molecular weight is 715 g/mol. The number of hydrogen-bond acceptors (Lipinski definition) is 9. The molecule has 0 radical (unpaired) electrons. The van der Waals surface area contributed by atoms with Crippen LogP contribution in [0, 0.1) is 0 Å². The molecule has 2 aromatic rings. The fourth-order valence-electron chi connectivity index (χ4n) is 4.71. The maximum atomic E-state index is 13.8. The highest BCUT2D eigenvalue weighted by molar-refractivity contribution is 6.43. The second-order valence-corrected chi connectivity index (χ2v) is 11.3. The van der Waals surface area contributed by atoms with Gasteiger partial charge < -0.3 is 42.1 Å². The second kappa shape index (κ2) is 20.8. The van der Waals surface area contributed by atoms with E-state index in [2.05, 4.69) is 43.5 Å². The SMILES string of the molecule is C=C/C(=N\C=C/C)C(=O)NCC1NC(=O)C(Cc2ccco2)NC(=O)C(C/C=C/c2ccccc2)NC(=O)C=CC(=O)NC(C(N)=O)CCNC1=O. The van der Waals surface area contributed by atoms with E-state index in [1.54, 1.807) is 37.3 Å². The van der Waals surface area contributed by atoms with Crippen LogP contribution in [0.3, 0.4) is 0 Å². The minimum absolute atomic E-state index is 0.0250. The highest BCUT2D eigenvalue weighted by Crippen LogP contribution is 2.08. The van der Waals surface area contributed by atoms with E-state index < -0.39 is 72.1 Å². The lowest BCUT2D eigenvalue weighted by Gasteiger charge is -2.25. The van der Waals surface area contributed by atoms with Gasteiger partial charge in [-0.15, -0.1) is 0 Å². The van der Waals surface area contributed by atoms with Crippen molar-refractivity contribution in [3.8, 4) is 0 Å². The van der Waals surface area contributed by atoms with Gasteiger partial charge in [-0.25, -0.2) is 0 Å². The van der Waals surface area contributed by atoms with Gasteiger partial charge in [0.1, 0.15) is 35.6 Å². The summed E-state index contributed by atoms with van der Waals surface area (Å²) < 4.78 is 5.42. The van der Waals surface area contributed by atoms with E-state index in [1.807, 2.05) is 30.3 Å². The number of rotatable bonds is 11. The number of furan rings is 1. The van der Waals surface area contributed by atoms with E-state index in [-0.39, 0.29) is 31.5 Å². The molecule has 52 heavy (non-hydrogen) atoms. The van der Waals surface area contributed by atoms with Crippen LogP contribution < -0.4 is 37.6 Å². The molecule has 1 aliphatic rings. The van der Waals surface area contributed by atoms with Crippen molar-refractivity contribution in [1.29, 1.82) is 0 Å². The smallest absolute Gasteiger partial charge is 0.269 e. The summed E-state index contributed by atoms with van der Waals surface area (Å²) in [6, 6.07) is 7.13. The topological polar surface area (TPSA) is 243 Å². The maximum absolute atomic E-state index is 13.8. The van der Waals surface area contributed by atoms with E-state index in [1.165, 1.54) is 18.5 Å². The van der Waals surface area contributed by atoms with Crippen LogP contribution in [0.15, 0.2) is 101 Å². The fraction of sp³-hybridized carbons (Fsp3) is 0.278. The number of amides is 7. The van der Waals surface area contributed by atoms with Gasteiger partial charge in [-0.05, 0) is 43.5 Å². The van der Waals surface area contributed by atoms with E-state index >= 15 is 0 Å². The Bertz CT molecular complexity index is 1720. The van der Waals surface area contributed by atoms with Crippen LogP contribution in [0.25, 0.3) is 6.08 Å². The molecule has 4 unspecified atom stereocenters. The molecule has 8 N–H and O–H groups in total. The van der Waals surface area contributed by atoms with E-state index in [0.29, 0.717) is 5.76 Å². The van der Waals surface area contributed by atoms with Crippen LogP contribution in [-0.4, -0.2) is 84.3 Å². The first-order chi connectivity index (χ1) is 25.0. The van der Waals surface area contributed by atoms with Crippen LogP contribution in [0.2, 0.25) is 0 Å². The largest absolute Gasteiger partial charge is 0.469 e. The predicted molar refractivity (Wildman–Crippen MR) is 192 cm³/mol. The summed E-state index contributed by atoms with van der Waals surface area (Å²) in [5, 5.41) is 15.2. The van der Waals surface area contributed by atoms with Crippen molar-refractivity contribution in [2.75, 3.05) is 13.1 Å². The van der Waals surface area contributed by atoms with Gasteiger partial charge in [0.25, 0.3) is 5.91 Å². The molecule has 274 valence electrons. The molecule has 16 nitrogen and oxygen atoms in total. The van der Waals surface area contributed by atoms with Gasteiger partial charge in [0.2, 0.25) is 35.4 Å². The molecule has 0 aliphatic carbocycles. The normalized spacial score (nSPS) is 21.2. The molecule has 0 spiro atoms. The molecule has 0 saturated heterocycles. The standard InChI is InChI=1S/C36H42N8O8/c1-3-18-38-25(4-2)33(48)40-22-29-34(49)39-19-17-26(32(37)47)41-30(45)15-16-31(46)42-27(14-8-12-23-10-6-5-7-11-23)35(50)43-28(36(51)44-29)21-24-13-9-20-52-24/h3-13,15-16,18,20,26-29H,2,14,17,19,21-22H2,1H3,(H2,37,47)(H,39,49)(H,40,48)(H,41,45)(H,42,46)(H,43,50)(H,44,51)/b12-8+,16-15?,18-3-,38-25+. The summed E-state index contributed by atoms with van der Waals surface area (Å²) in [7, 11) is 0. The number of primary amides is 1. The van der Waals surface area contributed by atoms with Crippen molar-refractivity contribution in [2.24, 2.45) is 10.7 Å². The molecular formula is C36H42N8O8. The fourth-order valence-corrected chi connectivity index (χ4v) is 4.71. The first-order valence-electron chi connectivity index (χ1n) is 16.3. The Balaban J connectivity index is 1.97. The summed E-state index contributed by atoms with van der Waals surface area (Å²) in [6.07, 6.45) is 10.4. The Hall–Kier alpha value is -6.58. The molecule has 4 atom stereocenters. The Kier molecular flexibility index (Phi) is 16.0. The number of nitrogens with one attached hydrogen (secondary N) is 6. The zero-order chi connectivity index (χ0) is 37.9. The van der Waals surface area contributed by atoms with Crippen molar-refractivity contribution in [3.63, 3.8) is 0 Å². The molecule has 16 heteroatoms. The monoisotopic (exact) mass is 714 g/mol. The first kappa shape index (κ1) is 39.9. The lowest BCUT2D eigenvalue weighted by Crippen LogP contribution is -2.59. The average Bonchev–Trinajstić information content (AvgIpc) is 3.64. The number of nitrogens with two attached hydrogens (primary N) is 1. The number of carbonyl (C=O) groups excluding carboxylic acids is 7. The van der Waals surface area contributed by atoms with Crippen molar-refractivity contribution >= 4 is 53.1 Å². The van der Waals surface area contributed by atoms with Gasteiger partial charge in [0.05, 0.1) is 6.26 Å². The third-order valence-corrected chi connectivity index (χ3v) is 7.40. The molecule has 2 heterocycles. The first-order valence-corrected chi connectivity index (χ1v) is 16.3. The molecule has 1 aromatic heterocycles. The number of allylic oxidation sites excluding steroid dienone is 1. The van der Waals surface area contributed by atoms with E-state index in [0.717, 1.165) is 17.7 Å². The lowest BCUT2D eigenvalue weighted by molar-refractivity contribution is -0.133. The van der Waals surface area contributed by atoms with Gasteiger partial charge in [0.15, 0.2) is 0 Å². The third kappa shape index (κ3) is 13.4. The summed E-state index contributed by atoms with van der Waals surface area (Å²) in [4.78, 5) is 95.3. The summed E-state index contributed by atoms with van der Waals surface area (Å²) >= 11 is 0. The lowest BCUT2D eigenvalue weighted by atomic mass is 10.1. The van der Waals surface area contributed by atoms with Crippen molar-refractivity contribution in [2.45, 2.75) is 50.4 Å². The minimum atomic E-state index is -1.41. The highest BCUT2D eigenvalue weighted by atomic mass is 16.3. The number of aliphatic imine (C=N–C) groups is 1. The third-order valence-electron chi connectivity index (χ3n) is 7.40. The zero-order valence-electron chi connectivity index (χ0n) is 28.5. The summed E-state index contributed by atoms with van der Waals surface area (Å²) in [5.74, 6) is -5.28. The van der Waals surface area contributed by atoms with Gasteiger partial charge >= 0.3 is 0 Å². The highest BCUT2D eigenvalue weighted by Gasteiger charge is 2.31. The molecule has 3 rings (SSSR count). The van der Waals surface area contributed by atoms with Gasteiger partial charge in [0, 0.05) is 37.9 Å². The number of carbonyl (C=O) groups is 7. The quantitative estimate of drug-likeness (QED) is 0.152. The van der Waals surface area contributed by atoms with Crippen LogP contribution >= 0.6 is 0 Å². The Labute approximate surface area is 300 Å². The van der Waals surface area contributed by atoms with Crippen molar-refractivity contribution in [1.82, 2.24) is 31.9 Å². The van der Waals surface area contributed by atoms with Crippen molar-refractivity contribution < 1.29 is 38.0 Å². The Morgan fingerprint density at radius 2 is 1.62 bits per heavy atom. The predicted octanol–water partition coefficient (Wildman–Crippen LogP) is -0.297. The molecule has 0 fully saturated rings. The van der Waals surface area contributed by atoms with Gasteiger partial charge in [-0.1, -0.05) is 55.1 Å². The molecule has 1 aromatic carbocycles. The van der Waals surface area contributed by atoms with Crippen LogP contribution in [0.5, 0.6) is 0 Å². The minimum Gasteiger partial charge on any atom is -0.469 e. The zero-order valence-corrected chi connectivity index (χ0v) is 28.5. The number of hydrogen-bond donors (Lipinski definition) is 7. The summed E-state index contributed by atoms with van der Waals surface area (Å²) in [6.45, 7) is 4.65. The molecule has 1 aliphatic heterocycles. The molecular weight excluding hydrogens is 672 g/mol. The number of nitrogens with zero attached hydrogens (tertiary/aromatic N) is 1. The van der Waals surface area contributed by atoms with E-state index in [4.69, 9.17) is 10.2 Å². The molecule has 0 bridgehead atoms. The summed E-state index contributed by atoms with van der Waals surface area (Å²) in [5.41, 5.74) is 6.22. The van der Waals surface area contributed by atoms with Crippen LogP contribution in [0.1, 0.15) is 31.1 Å². The second-order valence-electron chi connectivity index (χ2n) is 11.3. The van der Waals surface area contributed by atoms with Gasteiger partial charge in [-0.3, -0.25) is 38.6 Å². The van der Waals surface area contributed by atoms with Crippen LogP contribution in [0.4, 0.5) is 0 Å². The molecule has 7 amide bonds. The number of benzene rings is 1. The van der Waals surface area contributed by atoms with Crippen molar-refractivity contribution in [3.05, 3.63) is 103 Å². The van der Waals surface area contributed by atoms with Crippen LogP contribution in [-0.2, 0) is 40.0 Å². The molecule has 0 saturated carbocycles. The van der Waals surface area contributed by atoms with E-state index in [9.17, 15) is 33.6 Å². The Morgan fingerprint density at radius 3 is 2.27 bits per heavy atom.